The minimum atomic E-state index is -0.500. The molecule has 2 heterocycles. The minimum Gasteiger partial charge on any atom is -0.393 e. The standard InChI is InChI=1S/C25H42O6/c1-2-3-4-9-19(30-24-10-5-7-16-28-24)12-13-21-20(14-15-26)22(27)18-23(21)31-25-11-6-8-17-29-25/h4,9,15,19-25,27H,2-3,5-8,10-14,16-18H2,1H3/b9-4-/t19?,20-,21-,22+,23-,24?,25?/m1/s1. The van der Waals surface area contributed by atoms with Crippen molar-refractivity contribution in [3.8, 4) is 0 Å². The van der Waals surface area contributed by atoms with Gasteiger partial charge in [0.2, 0.25) is 0 Å². The number of hydrogen-bond acceptors (Lipinski definition) is 6. The van der Waals surface area contributed by atoms with E-state index < -0.39 is 6.10 Å². The molecule has 0 spiro atoms. The van der Waals surface area contributed by atoms with Gasteiger partial charge >= 0.3 is 0 Å². The van der Waals surface area contributed by atoms with Crippen LogP contribution in [0.15, 0.2) is 12.2 Å². The van der Waals surface area contributed by atoms with Crippen LogP contribution in [0.3, 0.4) is 0 Å². The third kappa shape index (κ3) is 7.93. The zero-order valence-corrected chi connectivity index (χ0v) is 19.2. The van der Waals surface area contributed by atoms with Crippen molar-refractivity contribution >= 4 is 6.29 Å². The Morgan fingerprint density at radius 3 is 2.45 bits per heavy atom. The van der Waals surface area contributed by atoms with Crippen LogP contribution >= 0.6 is 0 Å². The van der Waals surface area contributed by atoms with Gasteiger partial charge in [-0.1, -0.05) is 25.5 Å². The Hall–Kier alpha value is -0.790. The number of aliphatic hydroxyl groups excluding tert-OH is 1. The zero-order valence-electron chi connectivity index (χ0n) is 19.2. The predicted octanol–water partition coefficient (Wildman–Crippen LogP) is 4.53. The van der Waals surface area contributed by atoms with E-state index in [2.05, 4.69) is 19.1 Å². The van der Waals surface area contributed by atoms with Crippen LogP contribution in [0.5, 0.6) is 0 Å². The van der Waals surface area contributed by atoms with Gasteiger partial charge in [0, 0.05) is 26.1 Å². The molecule has 178 valence electrons. The average molecular weight is 439 g/mol. The van der Waals surface area contributed by atoms with Crippen LogP contribution < -0.4 is 0 Å². The molecule has 7 atom stereocenters. The molecule has 6 heteroatoms. The molecule has 31 heavy (non-hydrogen) atoms. The molecular formula is C25H42O6. The maximum atomic E-state index is 11.3. The summed E-state index contributed by atoms with van der Waals surface area (Å²) in [6.45, 7) is 3.68. The molecular weight excluding hydrogens is 396 g/mol. The summed E-state index contributed by atoms with van der Waals surface area (Å²) in [6.07, 6.45) is 15.5. The highest BCUT2D eigenvalue weighted by Crippen LogP contribution is 2.41. The number of carbonyl (C=O) groups is 1. The minimum absolute atomic E-state index is 0.0177. The van der Waals surface area contributed by atoms with Crippen molar-refractivity contribution in [1.82, 2.24) is 0 Å². The van der Waals surface area contributed by atoms with Gasteiger partial charge in [-0.05, 0) is 69.6 Å². The highest BCUT2D eigenvalue weighted by molar-refractivity contribution is 5.50. The summed E-state index contributed by atoms with van der Waals surface area (Å²) in [5.74, 6) is 0.0703. The summed E-state index contributed by atoms with van der Waals surface area (Å²) in [7, 11) is 0. The number of rotatable bonds is 12. The van der Waals surface area contributed by atoms with Gasteiger partial charge < -0.3 is 28.8 Å². The average Bonchev–Trinajstić information content (AvgIpc) is 3.07. The summed E-state index contributed by atoms with van der Waals surface area (Å²) in [5, 5.41) is 10.6. The molecule has 0 aromatic carbocycles. The normalized spacial score (nSPS) is 35.4. The number of carbonyl (C=O) groups excluding carboxylic acids is 1. The van der Waals surface area contributed by atoms with E-state index >= 15 is 0 Å². The number of aliphatic hydroxyl groups is 1. The summed E-state index contributed by atoms with van der Waals surface area (Å²) < 4.78 is 24.2. The molecule has 1 aliphatic carbocycles. The summed E-state index contributed by atoms with van der Waals surface area (Å²) in [5.41, 5.74) is 0. The molecule has 0 bridgehead atoms. The summed E-state index contributed by atoms with van der Waals surface area (Å²) in [4.78, 5) is 11.3. The van der Waals surface area contributed by atoms with Crippen LogP contribution in [0, 0.1) is 11.8 Å². The van der Waals surface area contributed by atoms with Crippen molar-refractivity contribution in [2.24, 2.45) is 11.8 Å². The van der Waals surface area contributed by atoms with E-state index in [4.69, 9.17) is 18.9 Å². The van der Waals surface area contributed by atoms with Crippen LogP contribution in [0.1, 0.15) is 84.0 Å². The first-order chi connectivity index (χ1) is 15.2. The third-order valence-corrected chi connectivity index (χ3v) is 6.88. The van der Waals surface area contributed by atoms with Crippen LogP contribution in [0.4, 0.5) is 0 Å². The van der Waals surface area contributed by atoms with Gasteiger partial charge in [-0.25, -0.2) is 0 Å². The van der Waals surface area contributed by atoms with E-state index in [1.807, 2.05) is 0 Å². The van der Waals surface area contributed by atoms with Crippen molar-refractivity contribution < 1.29 is 28.8 Å². The van der Waals surface area contributed by atoms with E-state index in [1.54, 1.807) is 0 Å². The van der Waals surface area contributed by atoms with Crippen molar-refractivity contribution in [2.45, 2.75) is 115 Å². The number of ether oxygens (including phenoxy) is 4. The second-order valence-corrected chi connectivity index (χ2v) is 9.27. The third-order valence-electron chi connectivity index (χ3n) is 6.88. The Labute approximate surface area is 187 Å². The lowest BCUT2D eigenvalue weighted by atomic mass is 9.86. The molecule has 3 rings (SSSR count). The summed E-state index contributed by atoms with van der Waals surface area (Å²) >= 11 is 0. The monoisotopic (exact) mass is 438 g/mol. The van der Waals surface area contributed by atoms with Crippen LogP contribution in [0.2, 0.25) is 0 Å². The molecule has 1 N–H and O–H groups in total. The van der Waals surface area contributed by atoms with Crippen molar-refractivity contribution in [3.05, 3.63) is 12.2 Å². The molecule has 2 aliphatic heterocycles. The van der Waals surface area contributed by atoms with Gasteiger partial charge in [0.25, 0.3) is 0 Å². The van der Waals surface area contributed by atoms with E-state index in [0.717, 1.165) is 83.7 Å². The van der Waals surface area contributed by atoms with Crippen LogP contribution in [-0.4, -0.2) is 55.5 Å². The SMILES string of the molecule is CCC/C=C\C(CC[C@@H]1[C@@H](CC=O)[C@@H](O)C[C@H]1OC1CCCCO1)OC1CCCCO1. The second-order valence-electron chi connectivity index (χ2n) is 9.27. The van der Waals surface area contributed by atoms with Gasteiger partial charge in [0.05, 0.1) is 18.3 Å². The lowest BCUT2D eigenvalue weighted by Gasteiger charge is -2.31. The fourth-order valence-electron chi connectivity index (χ4n) is 5.16. The molecule has 1 saturated carbocycles. The molecule has 3 unspecified atom stereocenters. The molecule has 0 amide bonds. The second kappa shape index (κ2) is 13.7. The number of aldehydes is 1. The Morgan fingerprint density at radius 2 is 1.81 bits per heavy atom. The Morgan fingerprint density at radius 1 is 1.06 bits per heavy atom. The zero-order chi connectivity index (χ0) is 21.9. The first kappa shape index (κ1) is 24.8. The van der Waals surface area contributed by atoms with Gasteiger partial charge in [0.1, 0.15) is 6.29 Å². The van der Waals surface area contributed by atoms with Crippen LogP contribution in [0.25, 0.3) is 0 Å². The first-order valence-electron chi connectivity index (χ1n) is 12.5. The lowest BCUT2D eigenvalue weighted by molar-refractivity contribution is -0.198. The molecule has 3 fully saturated rings. The molecule has 6 nitrogen and oxygen atoms in total. The van der Waals surface area contributed by atoms with E-state index in [-0.39, 0.29) is 36.6 Å². The largest absolute Gasteiger partial charge is 0.393 e. The summed E-state index contributed by atoms with van der Waals surface area (Å²) in [6, 6.07) is 0. The smallest absolute Gasteiger partial charge is 0.158 e. The maximum Gasteiger partial charge on any atom is 0.158 e. The molecule has 2 saturated heterocycles. The van der Waals surface area contributed by atoms with Gasteiger partial charge in [0.15, 0.2) is 12.6 Å². The molecule has 0 radical (unpaired) electrons. The Bertz CT molecular complexity index is 526. The lowest BCUT2D eigenvalue weighted by Crippen LogP contribution is -2.32. The molecule has 0 aromatic heterocycles. The van der Waals surface area contributed by atoms with Crippen LogP contribution in [-0.2, 0) is 23.7 Å². The Kier molecular flexibility index (Phi) is 11.0. The highest BCUT2D eigenvalue weighted by Gasteiger charge is 2.44. The molecule has 0 aromatic rings. The number of unbranched alkanes of at least 4 members (excludes halogenated alkanes) is 1. The van der Waals surface area contributed by atoms with E-state index in [9.17, 15) is 9.90 Å². The van der Waals surface area contributed by atoms with Crippen molar-refractivity contribution in [2.75, 3.05) is 13.2 Å². The fourth-order valence-corrected chi connectivity index (χ4v) is 5.16. The highest BCUT2D eigenvalue weighted by atomic mass is 16.7. The van der Waals surface area contributed by atoms with Gasteiger partial charge in [-0.15, -0.1) is 0 Å². The van der Waals surface area contributed by atoms with Gasteiger partial charge in [-0.2, -0.15) is 0 Å². The predicted molar refractivity (Wildman–Crippen MR) is 118 cm³/mol. The topological polar surface area (TPSA) is 74.2 Å². The number of allylic oxidation sites excluding steroid dienone is 1. The van der Waals surface area contributed by atoms with E-state index in [0.29, 0.717) is 12.8 Å². The van der Waals surface area contributed by atoms with Crippen molar-refractivity contribution in [1.29, 1.82) is 0 Å². The molecule has 3 aliphatic rings. The Balaban J connectivity index is 1.61. The first-order valence-corrected chi connectivity index (χ1v) is 12.5. The quantitative estimate of drug-likeness (QED) is 0.356. The number of hydrogen-bond donors (Lipinski definition) is 1. The maximum absolute atomic E-state index is 11.3. The fraction of sp³-hybridized carbons (Fsp3) is 0.880. The van der Waals surface area contributed by atoms with Gasteiger partial charge in [-0.3, -0.25) is 0 Å². The van der Waals surface area contributed by atoms with Crippen molar-refractivity contribution in [3.63, 3.8) is 0 Å². The van der Waals surface area contributed by atoms with E-state index in [1.165, 1.54) is 0 Å².